The minimum Gasteiger partial charge on any atom is -0.497 e. The lowest BCUT2D eigenvalue weighted by atomic mass is 9.94. The van der Waals surface area contributed by atoms with E-state index in [1.807, 2.05) is 72.8 Å². The first-order valence-corrected chi connectivity index (χ1v) is 17.5. The number of fused-ring (bicyclic) bond motifs is 2. The highest BCUT2D eigenvalue weighted by Crippen LogP contribution is 2.38. The Morgan fingerprint density at radius 3 is 1.70 bits per heavy atom. The lowest BCUT2D eigenvalue weighted by molar-refractivity contribution is 0.414. The Balaban J connectivity index is 1.28. The molecule has 7 aromatic rings. The zero-order valence-electron chi connectivity index (χ0n) is 29.5. The molecule has 53 heavy (non-hydrogen) atoms. The Labute approximate surface area is 309 Å². The summed E-state index contributed by atoms with van der Waals surface area (Å²) in [5.41, 5.74) is 10.3. The van der Waals surface area contributed by atoms with Crippen LogP contribution in [0.4, 0.5) is 0 Å². The summed E-state index contributed by atoms with van der Waals surface area (Å²) < 4.78 is 24.1. The number of allylic oxidation sites excluding steroid dienone is 3. The van der Waals surface area contributed by atoms with Crippen molar-refractivity contribution in [2.45, 2.75) is 0 Å². The van der Waals surface area contributed by atoms with Crippen molar-refractivity contribution in [1.82, 2.24) is 0 Å². The Morgan fingerprint density at radius 2 is 1.08 bits per heavy atom. The van der Waals surface area contributed by atoms with Crippen LogP contribution < -0.4 is 14.2 Å². The van der Waals surface area contributed by atoms with E-state index in [2.05, 4.69) is 115 Å². The van der Waals surface area contributed by atoms with E-state index in [0.29, 0.717) is 0 Å². The fraction of sp³-hybridized carbons (Fsp3) is 0.0408. The maximum absolute atomic E-state index is 6.58. The number of hydrogen-bond donors (Lipinski definition) is 0. The molecule has 0 saturated carbocycles. The standard InChI is InChI=1S/C49H37O4/c1-50-40-25-21-36(22-26-40)46(34-13-5-3-6-14-34)32-42-30-38(44-17-9-11-19-48(44)52-42)29-39-31-43(53-49-20-12-10-18-45(39)49)33-47(35-15-7-4-8-16-35)37-23-27-41(51-2)28-24-37/h3-33H,1-2H3/q+1. The van der Waals surface area contributed by atoms with Crippen LogP contribution in [-0.4, -0.2) is 14.2 Å². The predicted molar refractivity (Wildman–Crippen MR) is 217 cm³/mol. The molecule has 0 amide bonds. The molecule has 1 aliphatic rings. The van der Waals surface area contributed by atoms with Crippen LogP contribution in [0.1, 0.15) is 39.1 Å². The maximum atomic E-state index is 6.58. The number of para-hydroxylation sites is 2. The summed E-state index contributed by atoms with van der Waals surface area (Å²) in [7, 11) is 3.36. The quantitative estimate of drug-likeness (QED) is 0.141. The topological polar surface area (TPSA) is 39.0 Å². The van der Waals surface area contributed by atoms with E-state index in [0.717, 1.165) is 89.8 Å². The molecule has 0 unspecified atom stereocenters. The summed E-state index contributed by atoms with van der Waals surface area (Å²) in [6, 6.07) is 55.5. The maximum Gasteiger partial charge on any atom is 0.361 e. The van der Waals surface area contributed by atoms with Crippen LogP contribution in [0.25, 0.3) is 39.8 Å². The molecule has 1 aromatic heterocycles. The fourth-order valence-corrected chi connectivity index (χ4v) is 6.64. The van der Waals surface area contributed by atoms with E-state index in [9.17, 15) is 0 Å². The normalized spacial score (nSPS) is 13.6. The highest BCUT2D eigenvalue weighted by atomic mass is 16.5. The molecule has 6 aromatic carbocycles. The monoisotopic (exact) mass is 689 g/mol. The molecular formula is C49H37O4+. The minimum atomic E-state index is 0.737. The highest BCUT2D eigenvalue weighted by molar-refractivity contribution is 5.99. The van der Waals surface area contributed by atoms with Crippen LogP contribution >= 0.6 is 0 Å². The third-order valence-electron chi connectivity index (χ3n) is 9.30. The Morgan fingerprint density at radius 1 is 0.547 bits per heavy atom. The van der Waals surface area contributed by atoms with Crippen molar-refractivity contribution in [2.24, 2.45) is 0 Å². The molecule has 1 aliphatic heterocycles. The largest absolute Gasteiger partial charge is 0.497 e. The number of methoxy groups -OCH3 is 2. The van der Waals surface area contributed by atoms with Crippen molar-refractivity contribution < 1.29 is 18.6 Å². The van der Waals surface area contributed by atoms with Gasteiger partial charge in [-0.1, -0.05) is 115 Å². The molecular weight excluding hydrogens is 653 g/mol. The van der Waals surface area contributed by atoms with E-state index < -0.39 is 0 Å². The van der Waals surface area contributed by atoms with E-state index in [1.54, 1.807) is 14.2 Å². The van der Waals surface area contributed by atoms with Crippen LogP contribution in [0.3, 0.4) is 0 Å². The van der Waals surface area contributed by atoms with Crippen molar-refractivity contribution in [2.75, 3.05) is 14.2 Å². The van der Waals surface area contributed by atoms with Crippen molar-refractivity contribution >= 4 is 39.8 Å². The van der Waals surface area contributed by atoms with Gasteiger partial charge in [-0.2, -0.15) is 0 Å². The molecule has 8 rings (SSSR count). The Hall–Kier alpha value is -6.91. The lowest BCUT2D eigenvalue weighted by Gasteiger charge is -2.20. The van der Waals surface area contributed by atoms with Crippen molar-refractivity contribution in [3.63, 3.8) is 0 Å². The molecule has 2 heterocycles. The second-order valence-corrected chi connectivity index (χ2v) is 12.6. The molecule has 0 saturated heterocycles. The number of ether oxygens (including phenoxy) is 3. The zero-order chi connectivity index (χ0) is 36.0. The molecule has 0 fully saturated rings. The van der Waals surface area contributed by atoms with Gasteiger partial charge in [-0.25, -0.2) is 4.42 Å². The average Bonchev–Trinajstić information content (AvgIpc) is 3.23. The zero-order valence-corrected chi connectivity index (χ0v) is 29.5. The van der Waals surface area contributed by atoms with E-state index in [4.69, 9.17) is 18.6 Å². The van der Waals surface area contributed by atoms with Gasteiger partial charge < -0.3 is 14.2 Å². The van der Waals surface area contributed by atoms with Crippen LogP contribution in [0.2, 0.25) is 0 Å². The second-order valence-electron chi connectivity index (χ2n) is 12.6. The molecule has 0 aliphatic carbocycles. The van der Waals surface area contributed by atoms with Gasteiger partial charge in [0.15, 0.2) is 0 Å². The fourth-order valence-electron chi connectivity index (χ4n) is 6.64. The molecule has 0 atom stereocenters. The van der Waals surface area contributed by atoms with Gasteiger partial charge in [0, 0.05) is 17.2 Å². The smallest absolute Gasteiger partial charge is 0.361 e. The van der Waals surface area contributed by atoms with Gasteiger partial charge >= 0.3 is 11.3 Å². The first-order valence-electron chi connectivity index (χ1n) is 17.5. The number of rotatable bonds is 9. The van der Waals surface area contributed by atoms with Crippen LogP contribution in [0, 0.1) is 0 Å². The highest BCUT2D eigenvalue weighted by Gasteiger charge is 2.21. The van der Waals surface area contributed by atoms with Gasteiger partial charge in [0.2, 0.25) is 0 Å². The molecule has 0 bridgehead atoms. The number of hydrogen-bond acceptors (Lipinski definition) is 3. The van der Waals surface area contributed by atoms with E-state index >= 15 is 0 Å². The summed E-state index contributed by atoms with van der Waals surface area (Å²) in [6.45, 7) is 0. The van der Waals surface area contributed by atoms with E-state index in [-0.39, 0.29) is 0 Å². The van der Waals surface area contributed by atoms with Crippen LogP contribution in [0.15, 0.2) is 186 Å². The predicted octanol–water partition coefficient (Wildman–Crippen LogP) is 12.3. The molecule has 0 radical (unpaired) electrons. The van der Waals surface area contributed by atoms with Gasteiger partial charge in [0.25, 0.3) is 0 Å². The van der Waals surface area contributed by atoms with Gasteiger partial charge in [-0.05, 0) is 93.6 Å². The first kappa shape index (κ1) is 33.2. The van der Waals surface area contributed by atoms with Crippen molar-refractivity contribution in [1.29, 1.82) is 0 Å². The van der Waals surface area contributed by atoms with Gasteiger partial charge in [-0.3, -0.25) is 0 Å². The Bertz CT molecular complexity index is 2510. The summed E-state index contributed by atoms with van der Waals surface area (Å²) in [5, 5.41) is 1.01. The van der Waals surface area contributed by atoms with E-state index in [1.165, 1.54) is 0 Å². The summed E-state index contributed by atoms with van der Waals surface area (Å²) in [4.78, 5) is 0. The van der Waals surface area contributed by atoms with Crippen LogP contribution in [0.5, 0.6) is 17.2 Å². The molecule has 4 heteroatoms. The van der Waals surface area contributed by atoms with Gasteiger partial charge in [0.05, 0.1) is 31.7 Å². The second kappa shape index (κ2) is 15.1. The minimum absolute atomic E-state index is 0.737. The third-order valence-corrected chi connectivity index (χ3v) is 9.30. The summed E-state index contributed by atoms with van der Waals surface area (Å²) in [5.74, 6) is 3.89. The molecule has 0 N–H and O–H groups in total. The first-order chi connectivity index (χ1) is 26.1. The third kappa shape index (κ3) is 7.30. The molecule has 256 valence electrons. The summed E-state index contributed by atoms with van der Waals surface area (Å²) >= 11 is 0. The van der Waals surface area contributed by atoms with Crippen molar-refractivity contribution in [3.05, 3.63) is 221 Å². The summed E-state index contributed by atoms with van der Waals surface area (Å²) in [6.07, 6.45) is 8.59. The average molecular weight is 690 g/mol. The van der Waals surface area contributed by atoms with Crippen molar-refractivity contribution in [3.8, 4) is 17.2 Å². The molecule has 4 nitrogen and oxygen atoms in total. The van der Waals surface area contributed by atoms with Gasteiger partial charge in [0.1, 0.15) is 23.0 Å². The van der Waals surface area contributed by atoms with Gasteiger partial charge in [-0.15, -0.1) is 0 Å². The van der Waals surface area contributed by atoms with Crippen LogP contribution in [-0.2, 0) is 0 Å². The Kier molecular flexibility index (Phi) is 9.50. The molecule has 0 spiro atoms. The SMILES string of the molecule is COc1ccc(C(=CC2=CC(=Cc3cc(C=C(c4ccccc4)c4ccc(OC)cc4)[o+]c4ccccc34)c3ccccc3O2)c2ccccc2)cc1. The number of benzene rings is 6. The lowest BCUT2D eigenvalue weighted by Crippen LogP contribution is -2.03.